The van der Waals surface area contributed by atoms with Crippen LogP contribution in [0.5, 0.6) is 0 Å². The van der Waals surface area contributed by atoms with Crippen LogP contribution in [0.1, 0.15) is 0 Å². The first kappa shape index (κ1) is 15.7. The van der Waals surface area contributed by atoms with Crippen molar-refractivity contribution in [3.05, 3.63) is 28.2 Å². The lowest BCUT2D eigenvalue weighted by molar-refractivity contribution is 0.318. The Bertz CT molecular complexity index is 390. The number of amidine groups is 1. The van der Waals surface area contributed by atoms with E-state index in [-0.39, 0.29) is 24.0 Å². The van der Waals surface area contributed by atoms with E-state index in [1.807, 2.05) is 0 Å². The minimum Gasteiger partial charge on any atom is -0.611 e. The summed E-state index contributed by atoms with van der Waals surface area (Å²) in [5, 5.41) is 11.8. The highest BCUT2D eigenvalue weighted by Crippen LogP contribution is 2.25. The number of hydrogen-bond acceptors (Lipinski definition) is 3. The van der Waals surface area contributed by atoms with Gasteiger partial charge in [0.05, 0.1) is 10.0 Å². The second kappa shape index (κ2) is 7.09. The molecule has 1 aromatic carbocycles. The SMILES string of the molecule is Cl.NC(C[S+]([O-])c1ccc(Cl)c(Cl)c1)=NO. The molecule has 0 amide bonds. The number of halogens is 3. The highest BCUT2D eigenvalue weighted by Gasteiger charge is 2.14. The third kappa shape index (κ3) is 4.27. The maximum atomic E-state index is 11.6. The Morgan fingerprint density at radius 1 is 1.44 bits per heavy atom. The molecule has 0 aromatic heterocycles. The number of rotatable bonds is 3. The predicted octanol–water partition coefficient (Wildman–Crippen LogP) is 2.27. The molecule has 8 heteroatoms. The molecule has 1 unspecified atom stereocenters. The smallest absolute Gasteiger partial charge is 0.189 e. The van der Waals surface area contributed by atoms with Gasteiger partial charge in [-0.3, -0.25) is 0 Å². The van der Waals surface area contributed by atoms with Crippen molar-refractivity contribution in [2.24, 2.45) is 10.9 Å². The number of benzene rings is 1. The van der Waals surface area contributed by atoms with Crippen LogP contribution in [0.4, 0.5) is 0 Å². The Morgan fingerprint density at radius 3 is 2.56 bits per heavy atom. The van der Waals surface area contributed by atoms with E-state index < -0.39 is 11.2 Å². The van der Waals surface area contributed by atoms with E-state index in [2.05, 4.69) is 5.16 Å². The maximum absolute atomic E-state index is 11.6. The van der Waals surface area contributed by atoms with Gasteiger partial charge in [0.2, 0.25) is 0 Å². The Morgan fingerprint density at radius 2 is 2.06 bits per heavy atom. The van der Waals surface area contributed by atoms with Crippen LogP contribution in [-0.4, -0.2) is 21.3 Å². The lowest BCUT2D eigenvalue weighted by Crippen LogP contribution is -2.23. The van der Waals surface area contributed by atoms with Crippen LogP contribution in [0.15, 0.2) is 28.3 Å². The van der Waals surface area contributed by atoms with Crippen molar-refractivity contribution in [2.75, 3.05) is 5.75 Å². The quantitative estimate of drug-likeness (QED) is 0.295. The van der Waals surface area contributed by atoms with Gasteiger partial charge in [0.15, 0.2) is 16.5 Å². The summed E-state index contributed by atoms with van der Waals surface area (Å²) < 4.78 is 11.6. The summed E-state index contributed by atoms with van der Waals surface area (Å²) in [6.45, 7) is 0. The second-order valence-electron chi connectivity index (χ2n) is 2.66. The summed E-state index contributed by atoms with van der Waals surface area (Å²) in [4.78, 5) is 0.482. The summed E-state index contributed by atoms with van der Waals surface area (Å²) in [7, 11) is 0. The molecule has 0 heterocycles. The van der Waals surface area contributed by atoms with E-state index in [4.69, 9.17) is 34.1 Å². The highest BCUT2D eigenvalue weighted by molar-refractivity contribution is 7.92. The third-order valence-electron chi connectivity index (χ3n) is 1.56. The van der Waals surface area contributed by atoms with Gasteiger partial charge in [-0.25, -0.2) is 0 Å². The van der Waals surface area contributed by atoms with Crippen LogP contribution in [0.3, 0.4) is 0 Å². The van der Waals surface area contributed by atoms with Gasteiger partial charge in [-0.05, 0) is 23.3 Å². The first-order chi connectivity index (χ1) is 7.04. The van der Waals surface area contributed by atoms with Gasteiger partial charge in [-0.2, -0.15) is 0 Å². The minimum absolute atomic E-state index is 0. The van der Waals surface area contributed by atoms with Gasteiger partial charge in [0.1, 0.15) is 0 Å². The van der Waals surface area contributed by atoms with E-state index in [1.54, 1.807) is 12.1 Å². The lowest BCUT2D eigenvalue weighted by atomic mass is 10.4. The van der Waals surface area contributed by atoms with Gasteiger partial charge in [0.25, 0.3) is 0 Å². The third-order valence-corrected chi connectivity index (χ3v) is 3.64. The monoisotopic (exact) mass is 302 g/mol. The van der Waals surface area contributed by atoms with Crippen molar-refractivity contribution < 1.29 is 9.76 Å². The Labute approximate surface area is 112 Å². The highest BCUT2D eigenvalue weighted by atomic mass is 35.5. The molecule has 1 aromatic rings. The van der Waals surface area contributed by atoms with Crippen LogP contribution in [0.25, 0.3) is 0 Å². The molecule has 3 N–H and O–H groups in total. The normalized spacial score (nSPS) is 13.1. The van der Waals surface area contributed by atoms with Gasteiger partial charge >= 0.3 is 0 Å². The molecule has 0 aliphatic rings. The van der Waals surface area contributed by atoms with Crippen molar-refractivity contribution in [1.29, 1.82) is 0 Å². The van der Waals surface area contributed by atoms with Crippen molar-refractivity contribution in [3.8, 4) is 0 Å². The van der Waals surface area contributed by atoms with Crippen molar-refractivity contribution in [1.82, 2.24) is 0 Å². The average molecular weight is 304 g/mol. The van der Waals surface area contributed by atoms with Gasteiger partial charge in [-0.1, -0.05) is 28.4 Å². The average Bonchev–Trinajstić information content (AvgIpc) is 2.21. The molecule has 0 fully saturated rings. The predicted molar refractivity (Wildman–Crippen MR) is 68.4 cm³/mol. The number of hydrogen-bond donors (Lipinski definition) is 2. The molecule has 1 rings (SSSR count). The second-order valence-corrected chi connectivity index (χ2v) is 4.92. The Balaban J connectivity index is 0.00000225. The maximum Gasteiger partial charge on any atom is 0.189 e. The molecule has 4 nitrogen and oxygen atoms in total. The molecule has 0 saturated heterocycles. The molecule has 0 spiro atoms. The van der Waals surface area contributed by atoms with Crippen LogP contribution in [0.2, 0.25) is 10.0 Å². The molecule has 0 bridgehead atoms. The van der Waals surface area contributed by atoms with Gasteiger partial charge in [0, 0.05) is 6.07 Å². The van der Waals surface area contributed by atoms with Crippen LogP contribution < -0.4 is 5.73 Å². The van der Waals surface area contributed by atoms with E-state index in [0.29, 0.717) is 14.9 Å². The van der Waals surface area contributed by atoms with E-state index in [0.717, 1.165) is 0 Å². The standard InChI is InChI=1S/C8H8Cl2N2O2S.ClH/c9-6-2-1-5(3-7(6)10)15(14)4-8(11)12-13;/h1-3,13H,4H2,(H2,11,12);1H. The Hall–Kier alpha value is -0.330. The zero-order valence-electron chi connectivity index (χ0n) is 7.89. The summed E-state index contributed by atoms with van der Waals surface area (Å²) >= 11 is 10.1. The molecular formula is C8H9Cl3N2O2S. The number of nitrogens with two attached hydrogens (primary N) is 1. The summed E-state index contributed by atoms with van der Waals surface area (Å²) in [6.07, 6.45) is 0. The first-order valence-electron chi connectivity index (χ1n) is 3.84. The lowest BCUT2D eigenvalue weighted by Gasteiger charge is -2.09. The van der Waals surface area contributed by atoms with Crippen molar-refractivity contribution in [2.45, 2.75) is 4.90 Å². The van der Waals surface area contributed by atoms with Gasteiger partial charge < -0.3 is 15.5 Å². The largest absolute Gasteiger partial charge is 0.611 e. The Kier molecular flexibility index (Phi) is 6.94. The van der Waals surface area contributed by atoms with Crippen molar-refractivity contribution in [3.63, 3.8) is 0 Å². The molecule has 16 heavy (non-hydrogen) atoms. The van der Waals surface area contributed by atoms with Crippen LogP contribution in [-0.2, 0) is 11.2 Å². The molecular weight excluding hydrogens is 295 g/mol. The molecule has 0 aliphatic carbocycles. The van der Waals surface area contributed by atoms with Crippen LogP contribution >= 0.6 is 35.6 Å². The summed E-state index contributed by atoms with van der Waals surface area (Å²) in [6, 6.07) is 4.61. The molecule has 0 radical (unpaired) electrons. The number of nitrogens with zero attached hydrogens (tertiary/aromatic N) is 1. The van der Waals surface area contributed by atoms with E-state index >= 15 is 0 Å². The minimum atomic E-state index is -1.39. The first-order valence-corrected chi connectivity index (χ1v) is 5.92. The van der Waals surface area contributed by atoms with Crippen LogP contribution in [0, 0.1) is 0 Å². The van der Waals surface area contributed by atoms with Crippen molar-refractivity contribution >= 4 is 52.6 Å². The van der Waals surface area contributed by atoms with E-state index in [9.17, 15) is 4.55 Å². The fourth-order valence-corrected chi connectivity index (χ4v) is 2.19. The zero-order chi connectivity index (χ0) is 11.4. The molecule has 0 aliphatic heterocycles. The molecule has 1 atom stereocenters. The number of oxime groups is 1. The van der Waals surface area contributed by atoms with Gasteiger partial charge in [-0.15, -0.1) is 12.4 Å². The summed E-state index contributed by atoms with van der Waals surface area (Å²) in [5.74, 6) is -0.145. The summed E-state index contributed by atoms with van der Waals surface area (Å²) in [5.41, 5.74) is 5.23. The topological polar surface area (TPSA) is 81.7 Å². The van der Waals surface area contributed by atoms with E-state index in [1.165, 1.54) is 6.07 Å². The molecule has 90 valence electrons. The zero-order valence-corrected chi connectivity index (χ0v) is 11.0. The fraction of sp³-hybridized carbons (Fsp3) is 0.125. The molecule has 0 saturated carbocycles. The fourth-order valence-electron chi connectivity index (χ4n) is 0.865.